The van der Waals surface area contributed by atoms with E-state index in [1.54, 1.807) is 6.07 Å². The molecule has 8 heteroatoms. The van der Waals surface area contributed by atoms with E-state index in [1.165, 1.54) is 6.07 Å². The van der Waals surface area contributed by atoms with E-state index in [1.807, 2.05) is 46.8 Å². The molecule has 4 rings (SSSR count). The zero-order valence-electron chi connectivity index (χ0n) is 18.1. The molecule has 0 saturated carbocycles. The summed E-state index contributed by atoms with van der Waals surface area (Å²) in [6.07, 6.45) is -1.08. The largest absolute Gasteiger partial charge is 0.464 e. The van der Waals surface area contributed by atoms with Crippen LogP contribution in [-0.4, -0.2) is 5.11 Å². The molecular weight excluding hydrogens is 401 g/mol. The first kappa shape index (κ1) is 21.3. The number of rotatable bonds is 5. The highest BCUT2D eigenvalue weighted by Gasteiger charge is 2.35. The lowest BCUT2D eigenvalue weighted by Gasteiger charge is -2.31. The first-order valence-electron chi connectivity index (χ1n) is 10.2. The van der Waals surface area contributed by atoms with Gasteiger partial charge < -0.3 is 20.2 Å². The summed E-state index contributed by atoms with van der Waals surface area (Å²) in [6, 6.07) is 5.95. The van der Waals surface area contributed by atoms with E-state index in [4.69, 9.17) is 4.42 Å². The van der Waals surface area contributed by atoms with E-state index in [0.29, 0.717) is 11.3 Å². The highest BCUT2D eigenvalue weighted by atomic mass is 19.1. The quantitative estimate of drug-likeness (QED) is 0.458. The van der Waals surface area contributed by atoms with E-state index in [2.05, 4.69) is 16.0 Å². The van der Waals surface area contributed by atoms with Gasteiger partial charge in [0.15, 0.2) is 0 Å². The summed E-state index contributed by atoms with van der Waals surface area (Å²) in [5.74, 6) is 0.734. The molecule has 0 spiro atoms. The van der Waals surface area contributed by atoms with Crippen LogP contribution in [0.15, 0.2) is 38.3 Å². The van der Waals surface area contributed by atoms with Gasteiger partial charge in [0.1, 0.15) is 34.9 Å². The van der Waals surface area contributed by atoms with Crippen LogP contribution in [0.5, 0.6) is 0 Å². The van der Waals surface area contributed by atoms with Gasteiger partial charge in [-0.05, 0) is 43.0 Å². The Morgan fingerprint density at radius 2 is 1.77 bits per heavy atom. The van der Waals surface area contributed by atoms with E-state index in [9.17, 15) is 19.1 Å². The highest BCUT2D eigenvalue weighted by molar-refractivity contribution is 5.81. The number of benzene rings is 1. The molecule has 1 aromatic heterocycles. The Kier molecular flexibility index (Phi) is 5.02. The van der Waals surface area contributed by atoms with Gasteiger partial charge in [-0.1, -0.05) is 26.8 Å². The Labute approximate surface area is 179 Å². The lowest BCUT2D eigenvalue weighted by atomic mass is 9.84. The molecule has 0 fully saturated rings. The van der Waals surface area contributed by atoms with Crippen molar-refractivity contribution in [3.05, 3.63) is 73.2 Å². The predicted molar refractivity (Wildman–Crippen MR) is 117 cm³/mol. The number of anilines is 3. The maximum Gasteiger partial charge on any atom is 0.253 e. The standard InChI is InChI=1S/C23H26FN3O4/c1-10-6-9-14(31-10)21(23(3,4)5)27-18-17(19(28)20(18)29)26-16-13(24)8-7-12-11(2)25-22(30)15(12)16/h6-9,11,21-22,25-27,30H,1-5H3/t11?,21-,22?/m0/s1. The molecule has 2 unspecified atom stereocenters. The van der Waals surface area contributed by atoms with Crippen LogP contribution in [0.3, 0.4) is 0 Å². The van der Waals surface area contributed by atoms with Gasteiger partial charge >= 0.3 is 0 Å². The molecule has 0 saturated heterocycles. The smallest absolute Gasteiger partial charge is 0.253 e. The molecule has 3 aromatic rings. The minimum Gasteiger partial charge on any atom is -0.464 e. The molecule has 1 aliphatic rings. The second kappa shape index (κ2) is 7.32. The van der Waals surface area contributed by atoms with Crippen LogP contribution in [0.4, 0.5) is 21.5 Å². The third-order valence-corrected chi connectivity index (χ3v) is 5.74. The van der Waals surface area contributed by atoms with E-state index in [-0.39, 0.29) is 28.5 Å². The minimum atomic E-state index is -1.08. The van der Waals surface area contributed by atoms with Crippen molar-refractivity contribution in [2.24, 2.45) is 5.41 Å². The van der Waals surface area contributed by atoms with Crippen LogP contribution in [0.2, 0.25) is 0 Å². The van der Waals surface area contributed by atoms with Gasteiger partial charge in [-0.25, -0.2) is 4.39 Å². The van der Waals surface area contributed by atoms with Crippen molar-refractivity contribution in [2.45, 2.75) is 52.9 Å². The van der Waals surface area contributed by atoms with Gasteiger partial charge in [-0.15, -0.1) is 0 Å². The van der Waals surface area contributed by atoms with Crippen molar-refractivity contribution in [1.82, 2.24) is 5.32 Å². The molecule has 2 aromatic carbocycles. The molecule has 0 bridgehead atoms. The minimum absolute atomic E-state index is 0.0156. The van der Waals surface area contributed by atoms with Crippen LogP contribution in [0.25, 0.3) is 0 Å². The molecular formula is C23H26FN3O4. The summed E-state index contributed by atoms with van der Waals surface area (Å²) in [5.41, 5.74) is -0.680. The number of halogens is 1. The number of nitrogens with one attached hydrogen (secondary N) is 3. The van der Waals surface area contributed by atoms with Crippen LogP contribution in [0.1, 0.15) is 68.7 Å². The predicted octanol–water partition coefficient (Wildman–Crippen LogP) is 3.92. The van der Waals surface area contributed by atoms with E-state index >= 15 is 0 Å². The molecule has 0 aliphatic carbocycles. The van der Waals surface area contributed by atoms with Crippen molar-refractivity contribution in [3.8, 4) is 0 Å². The van der Waals surface area contributed by atoms with Gasteiger partial charge in [0.2, 0.25) is 0 Å². The zero-order valence-corrected chi connectivity index (χ0v) is 18.1. The van der Waals surface area contributed by atoms with Crippen molar-refractivity contribution in [1.29, 1.82) is 0 Å². The van der Waals surface area contributed by atoms with Crippen molar-refractivity contribution < 1.29 is 13.9 Å². The molecule has 2 heterocycles. The summed E-state index contributed by atoms with van der Waals surface area (Å²) in [6.45, 7) is 9.61. The van der Waals surface area contributed by atoms with Gasteiger partial charge in [0.05, 0.1) is 11.7 Å². The average molecular weight is 427 g/mol. The molecule has 4 N–H and O–H groups in total. The Morgan fingerprint density at radius 3 is 2.39 bits per heavy atom. The topological polar surface area (TPSA) is 104 Å². The lowest BCUT2D eigenvalue weighted by Crippen LogP contribution is -2.39. The van der Waals surface area contributed by atoms with Gasteiger partial charge in [-0.3, -0.25) is 14.9 Å². The summed E-state index contributed by atoms with van der Waals surface area (Å²) in [4.78, 5) is 24.8. The van der Waals surface area contributed by atoms with Crippen LogP contribution >= 0.6 is 0 Å². The summed E-state index contributed by atoms with van der Waals surface area (Å²) in [7, 11) is 0. The molecule has 0 amide bonds. The average Bonchev–Trinajstić information content (AvgIpc) is 3.23. The second-order valence-electron chi connectivity index (χ2n) is 9.14. The molecule has 0 radical (unpaired) electrons. The highest BCUT2D eigenvalue weighted by Crippen LogP contribution is 2.41. The van der Waals surface area contributed by atoms with Crippen molar-refractivity contribution >= 4 is 17.1 Å². The molecule has 3 atom stereocenters. The molecule has 1 aliphatic heterocycles. The first-order valence-corrected chi connectivity index (χ1v) is 10.2. The summed E-state index contributed by atoms with van der Waals surface area (Å²) in [5, 5.41) is 19.2. The zero-order chi connectivity index (χ0) is 22.7. The third kappa shape index (κ3) is 3.55. The van der Waals surface area contributed by atoms with E-state index in [0.717, 1.165) is 11.3 Å². The molecule has 164 valence electrons. The molecule has 7 nitrogen and oxygen atoms in total. The van der Waals surface area contributed by atoms with E-state index < -0.39 is 28.9 Å². The fourth-order valence-corrected chi connectivity index (χ4v) is 4.06. The summed E-state index contributed by atoms with van der Waals surface area (Å²) < 4.78 is 20.4. The number of furan rings is 1. The normalized spacial score (nSPS) is 19.5. The van der Waals surface area contributed by atoms with Crippen LogP contribution < -0.4 is 26.8 Å². The third-order valence-electron chi connectivity index (χ3n) is 5.74. The number of aliphatic hydroxyl groups is 1. The fourth-order valence-electron chi connectivity index (χ4n) is 4.06. The Hall–Kier alpha value is -2.97. The van der Waals surface area contributed by atoms with Gasteiger partial charge in [0, 0.05) is 11.6 Å². The monoisotopic (exact) mass is 427 g/mol. The molecule has 31 heavy (non-hydrogen) atoms. The van der Waals surface area contributed by atoms with Crippen LogP contribution in [0, 0.1) is 18.2 Å². The first-order chi connectivity index (χ1) is 14.5. The van der Waals surface area contributed by atoms with Crippen molar-refractivity contribution in [3.63, 3.8) is 0 Å². The van der Waals surface area contributed by atoms with Crippen LogP contribution in [-0.2, 0) is 0 Å². The van der Waals surface area contributed by atoms with Gasteiger partial charge in [0.25, 0.3) is 10.9 Å². The fraction of sp³-hybridized carbons (Fsp3) is 0.391. The second-order valence-corrected chi connectivity index (χ2v) is 9.14. The SMILES string of the molecule is Cc1ccc([C@H](Nc2c(Nc3c(F)ccc4c3C(O)NC4C)c(=O)c2=O)C(C)(C)C)o1. The number of fused-ring (bicyclic) bond motifs is 1. The number of aliphatic hydroxyl groups excluding tert-OH is 1. The Balaban J connectivity index is 1.72. The lowest BCUT2D eigenvalue weighted by molar-refractivity contribution is 0.144. The maximum atomic E-state index is 14.7. The Bertz CT molecular complexity index is 1220. The maximum absolute atomic E-state index is 14.7. The van der Waals surface area contributed by atoms with Gasteiger partial charge in [-0.2, -0.15) is 0 Å². The number of hydrogen-bond donors (Lipinski definition) is 4. The Morgan fingerprint density at radius 1 is 1.10 bits per heavy atom. The van der Waals surface area contributed by atoms with Crippen molar-refractivity contribution in [2.75, 3.05) is 10.6 Å². The summed E-state index contributed by atoms with van der Waals surface area (Å²) >= 11 is 0. The number of aryl methyl sites for hydroxylation is 1. The number of hydrogen-bond acceptors (Lipinski definition) is 7.